The van der Waals surface area contributed by atoms with Gasteiger partial charge in [0.05, 0.1) is 12.8 Å². The van der Waals surface area contributed by atoms with Crippen LogP contribution in [0.4, 0.5) is 10.2 Å². The molecule has 0 spiro atoms. The van der Waals surface area contributed by atoms with E-state index in [0.717, 1.165) is 13.1 Å². The van der Waals surface area contributed by atoms with Gasteiger partial charge in [0.1, 0.15) is 18.1 Å². The van der Waals surface area contributed by atoms with Crippen molar-refractivity contribution in [2.75, 3.05) is 25.9 Å². The first kappa shape index (κ1) is 28.2. The molecule has 0 bridgehead atoms. The second-order valence-corrected chi connectivity index (χ2v) is 8.61. The number of aromatic nitrogens is 5. The normalized spacial score (nSPS) is 11.6. The number of hydrazone groups is 1. The lowest BCUT2D eigenvalue weighted by Gasteiger charge is -2.16. The molecule has 0 aliphatic carbocycles. The molecule has 3 N–H and O–H groups in total. The number of nitrogens with two attached hydrogens (primary N) is 1. The highest BCUT2D eigenvalue weighted by atomic mass is 19.1. The number of amides is 1. The van der Waals surface area contributed by atoms with Crippen LogP contribution < -0.4 is 20.6 Å². The molecule has 0 unspecified atom stereocenters. The zero-order valence-corrected chi connectivity index (χ0v) is 22.6. The molecule has 0 fully saturated rings. The minimum atomic E-state index is -0.578. The Hall–Kier alpha value is -4.85. The van der Waals surface area contributed by atoms with Gasteiger partial charge in [-0.3, -0.25) is 9.69 Å². The van der Waals surface area contributed by atoms with Gasteiger partial charge < -0.3 is 15.2 Å². The van der Waals surface area contributed by atoms with Crippen molar-refractivity contribution >= 4 is 17.4 Å². The zero-order valence-electron chi connectivity index (χ0n) is 22.6. The predicted molar refractivity (Wildman–Crippen MR) is 144 cm³/mol. The Morgan fingerprint density at radius 2 is 1.95 bits per heavy atom. The Labute approximate surface area is 229 Å². The van der Waals surface area contributed by atoms with Gasteiger partial charge in [0.2, 0.25) is 11.6 Å². The third-order valence-electron chi connectivity index (χ3n) is 6.17. The lowest BCUT2D eigenvalue weighted by molar-refractivity contribution is 0.0944. The van der Waals surface area contributed by atoms with Crippen molar-refractivity contribution in [3.63, 3.8) is 0 Å². The van der Waals surface area contributed by atoms with E-state index in [9.17, 15) is 9.18 Å². The van der Waals surface area contributed by atoms with Gasteiger partial charge in [-0.05, 0) is 54.6 Å². The molecule has 13 nitrogen and oxygen atoms in total. The molecule has 0 aliphatic heterocycles. The molecule has 14 heteroatoms. The molecule has 2 aromatic heterocycles. The number of anilines is 1. The fourth-order valence-electron chi connectivity index (χ4n) is 3.83. The maximum Gasteiger partial charge on any atom is 0.292 e. The van der Waals surface area contributed by atoms with Crippen LogP contribution >= 0.6 is 0 Å². The number of nitrogen functional groups attached to an aromatic ring is 1. The van der Waals surface area contributed by atoms with E-state index in [-0.39, 0.29) is 29.8 Å². The number of halogens is 1. The van der Waals surface area contributed by atoms with Gasteiger partial charge in [0.15, 0.2) is 17.2 Å². The summed E-state index contributed by atoms with van der Waals surface area (Å²) < 4.78 is 31.0. The summed E-state index contributed by atoms with van der Waals surface area (Å²) in [6.07, 6.45) is 0. The summed E-state index contributed by atoms with van der Waals surface area (Å²) in [6.45, 7) is 7.63. The smallest absolute Gasteiger partial charge is 0.292 e. The highest BCUT2D eigenvalue weighted by Crippen LogP contribution is 2.29. The molecular weight excluding hydrogens is 521 g/mol. The van der Waals surface area contributed by atoms with Crippen molar-refractivity contribution in [3.05, 3.63) is 70.8 Å². The first-order valence-corrected chi connectivity index (χ1v) is 12.5. The number of nitrogens with zero attached hydrogens (tertiary/aromatic N) is 7. The topological polar surface area (TPSA) is 159 Å². The average Bonchev–Trinajstić information content (AvgIpc) is 3.59. The lowest BCUT2D eigenvalue weighted by Crippen LogP contribution is -2.27. The quantitative estimate of drug-likeness (QED) is 0.198. The van der Waals surface area contributed by atoms with Crippen molar-refractivity contribution in [2.24, 2.45) is 5.10 Å². The molecule has 4 rings (SSSR count). The monoisotopic (exact) mass is 551 g/mol. The van der Waals surface area contributed by atoms with Crippen molar-refractivity contribution in [1.29, 1.82) is 0 Å². The Bertz CT molecular complexity index is 1500. The SMILES string of the molecule is CCN(CC)Cc1nnn(-c2nonc2N)c1C(=O)N/N=C(\C)c1ccc(OCc2ccccc2F)c(OC)c1. The summed E-state index contributed by atoms with van der Waals surface area (Å²) in [7, 11) is 1.50. The van der Waals surface area contributed by atoms with Crippen LogP contribution in [0.2, 0.25) is 0 Å². The van der Waals surface area contributed by atoms with Crippen LogP contribution in [0.5, 0.6) is 11.5 Å². The Morgan fingerprint density at radius 1 is 1.18 bits per heavy atom. The molecule has 1 amide bonds. The summed E-state index contributed by atoms with van der Waals surface area (Å²) in [5, 5.41) is 19.8. The van der Waals surface area contributed by atoms with E-state index in [4.69, 9.17) is 15.2 Å². The number of carbonyl (C=O) groups excluding carboxylic acids is 1. The van der Waals surface area contributed by atoms with Crippen molar-refractivity contribution in [3.8, 4) is 17.3 Å². The third kappa shape index (κ3) is 6.23. The second-order valence-electron chi connectivity index (χ2n) is 8.61. The average molecular weight is 552 g/mol. The number of carbonyl (C=O) groups is 1. The summed E-state index contributed by atoms with van der Waals surface area (Å²) >= 11 is 0. The van der Waals surface area contributed by atoms with Crippen molar-refractivity contribution < 1.29 is 23.3 Å². The molecule has 4 aromatic rings. The van der Waals surface area contributed by atoms with Gasteiger partial charge in [0.25, 0.3) is 5.91 Å². The van der Waals surface area contributed by atoms with E-state index in [1.54, 1.807) is 43.3 Å². The van der Waals surface area contributed by atoms with Crippen LogP contribution in [0.1, 0.15) is 48.1 Å². The summed E-state index contributed by atoms with van der Waals surface area (Å²) in [5.41, 5.74) is 10.5. The van der Waals surface area contributed by atoms with Crippen LogP contribution in [0.25, 0.3) is 5.82 Å². The Balaban J connectivity index is 1.54. The standard InChI is InChI=1S/C26H30FN9O4/c1-5-35(6-2)14-20-23(36(34-30-20)25-24(28)32-40-33-25)26(37)31-29-16(3)17-11-12-21(22(13-17)38-4)39-15-18-9-7-8-10-19(18)27/h7-13H,5-6,14-15H2,1-4H3,(H2,28,32)(H,31,37)/b29-16+. The third-order valence-corrected chi connectivity index (χ3v) is 6.17. The predicted octanol–water partition coefficient (Wildman–Crippen LogP) is 2.96. The van der Waals surface area contributed by atoms with E-state index in [1.807, 2.05) is 13.8 Å². The number of hydrogen-bond acceptors (Lipinski definition) is 11. The Morgan fingerprint density at radius 3 is 2.62 bits per heavy atom. The largest absolute Gasteiger partial charge is 0.493 e. The Kier molecular flexibility index (Phi) is 9.01. The van der Waals surface area contributed by atoms with Gasteiger partial charge in [-0.25, -0.2) is 14.4 Å². The zero-order chi connectivity index (χ0) is 28.6. The van der Waals surface area contributed by atoms with E-state index in [0.29, 0.717) is 40.6 Å². The highest BCUT2D eigenvalue weighted by molar-refractivity contribution is 6.01. The number of benzene rings is 2. The highest BCUT2D eigenvalue weighted by Gasteiger charge is 2.26. The summed E-state index contributed by atoms with van der Waals surface area (Å²) in [5.74, 6) is -0.0761. The number of rotatable bonds is 12. The molecule has 0 atom stereocenters. The van der Waals surface area contributed by atoms with Crippen LogP contribution in [0.15, 0.2) is 52.2 Å². The molecule has 40 heavy (non-hydrogen) atoms. The van der Waals surface area contributed by atoms with E-state index in [2.05, 4.69) is 40.7 Å². The van der Waals surface area contributed by atoms with Crippen molar-refractivity contribution in [1.82, 2.24) is 35.6 Å². The fraction of sp³-hybridized carbons (Fsp3) is 0.308. The molecule has 2 aromatic carbocycles. The number of ether oxygens (including phenoxy) is 2. The number of nitrogens with one attached hydrogen (secondary N) is 1. The van der Waals surface area contributed by atoms with Crippen LogP contribution in [-0.2, 0) is 13.2 Å². The molecule has 0 aliphatic rings. The van der Waals surface area contributed by atoms with Gasteiger partial charge >= 0.3 is 0 Å². The van der Waals surface area contributed by atoms with E-state index in [1.165, 1.54) is 17.9 Å². The molecule has 0 saturated carbocycles. The first-order valence-electron chi connectivity index (χ1n) is 12.5. The summed E-state index contributed by atoms with van der Waals surface area (Å²) in [6, 6.07) is 11.5. The summed E-state index contributed by atoms with van der Waals surface area (Å²) in [4.78, 5) is 15.4. The van der Waals surface area contributed by atoms with Gasteiger partial charge in [0, 0.05) is 17.7 Å². The fourth-order valence-corrected chi connectivity index (χ4v) is 3.83. The van der Waals surface area contributed by atoms with Crippen molar-refractivity contribution in [2.45, 2.75) is 33.9 Å². The maximum atomic E-state index is 14.0. The second kappa shape index (κ2) is 12.8. The van der Waals surface area contributed by atoms with E-state index < -0.39 is 5.91 Å². The molecule has 2 heterocycles. The van der Waals surface area contributed by atoms with Crippen LogP contribution in [-0.4, -0.2) is 62.0 Å². The molecule has 210 valence electrons. The van der Waals surface area contributed by atoms with Crippen LogP contribution in [0, 0.1) is 5.82 Å². The maximum absolute atomic E-state index is 14.0. The van der Waals surface area contributed by atoms with Crippen LogP contribution in [0.3, 0.4) is 0 Å². The van der Waals surface area contributed by atoms with E-state index >= 15 is 0 Å². The minimum Gasteiger partial charge on any atom is -0.493 e. The number of methoxy groups -OCH3 is 1. The minimum absolute atomic E-state index is 0.0363. The van der Waals surface area contributed by atoms with Gasteiger partial charge in [-0.1, -0.05) is 37.3 Å². The molecule has 0 saturated heterocycles. The first-order chi connectivity index (χ1) is 19.4. The molecule has 0 radical (unpaired) electrons. The van der Waals surface area contributed by atoms with Gasteiger partial charge in [-0.15, -0.1) is 5.10 Å². The number of hydrogen-bond donors (Lipinski definition) is 2. The molecular formula is C26H30FN9O4. The van der Waals surface area contributed by atoms with Gasteiger partial charge in [-0.2, -0.15) is 9.78 Å². The lowest BCUT2D eigenvalue weighted by atomic mass is 10.1.